The third kappa shape index (κ3) is 3.87. The lowest BCUT2D eigenvalue weighted by Gasteiger charge is -2.37. The number of fused-ring (bicyclic) bond motifs is 2. The van der Waals surface area contributed by atoms with Gasteiger partial charge in [0, 0.05) is 17.6 Å². The molecule has 0 bridgehead atoms. The largest absolute Gasteiger partial charge is 0.411 e. The Morgan fingerprint density at radius 2 is 1.71 bits per heavy atom. The minimum Gasteiger partial charge on any atom is -0.338 e. The normalized spacial score (nSPS) is 17.0. The molecule has 1 saturated heterocycles. The van der Waals surface area contributed by atoms with Gasteiger partial charge in [0.25, 0.3) is 0 Å². The topological polar surface area (TPSA) is 44.8 Å². The van der Waals surface area contributed by atoms with Crippen LogP contribution in [-0.2, 0) is 0 Å². The Balaban J connectivity index is 1.45. The first-order valence-corrected chi connectivity index (χ1v) is 10.5. The highest BCUT2D eigenvalue weighted by atomic mass is 19.4. The fourth-order valence-electron chi connectivity index (χ4n) is 4.71. The van der Waals surface area contributed by atoms with E-state index in [9.17, 15) is 30.7 Å². The smallest absolute Gasteiger partial charge is 0.338 e. The van der Waals surface area contributed by atoms with E-state index in [-0.39, 0.29) is 25.1 Å². The van der Waals surface area contributed by atoms with Crippen LogP contribution in [0.4, 0.5) is 30.7 Å². The predicted octanol–water partition coefficient (Wildman–Crippen LogP) is 6.15. The van der Waals surface area contributed by atoms with Crippen molar-refractivity contribution in [2.45, 2.75) is 31.0 Å². The predicted molar refractivity (Wildman–Crippen MR) is 110 cm³/mol. The lowest BCUT2D eigenvalue weighted by atomic mass is 9.87. The number of imidazole rings is 1. The molecule has 2 aromatic carbocycles. The Morgan fingerprint density at radius 3 is 2.41 bits per heavy atom. The molecule has 0 aliphatic carbocycles. The molecule has 1 aliphatic rings. The lowest BCUT2D eigenvalue weighted by Crippen LogP contribution is -2.43. The van der Waals surface area contributed by atoms with Crippen LogP contribution in [0.15, 0.2) is 36.5 Å². The van der Waals surface area contributed by atoms with Crippen LogP contribution in [0.5, 0.6) is 0 Å². The van der Waals surface area contributed by atoms with Crippen LogP contribution in [0.25, 0.3) is 21.9 Å². The van der Waals surface area contributed by atoms with Crippen LogP contribution in [0.2, 0.25) is 0 Å². The summed E-state index contributed by atoms with van der Waals surface area (Å²) in [6, 6.07) is 3.93. The molecule has 11 heteroatoms. The number of H-pyrrole nitrogens is 1. The number of piperidine rings is 1. The van der Waals surface area contributed by atoms with Gasteiger partial charge in [-0.1, -0.05) is 0 Å². The van der Waals surface area contributed by atoms with E-state index in [0.29, 0.717) is 23.7 Å². The number of hydrogen-bond acceptors (Lipinski definition) is 3. The van der Waals surface area contributed by atoms with Gasteiger partial charge >= 0.3 is 6.18 Å². The van der Waals surface area contributed by atoms with Crippen molar-refractivity contribution in [2.24, 2.45) is 0 Å². The van der Waals surface area contributed by atoms with Gasteiger partial charge in [0.15, 0.2) is 23.5 Å². The second-order valence-corrected chi connectivity index (χ2v) is 8.32. The van der Waals surface area contributed by atoms with Gasteiger partial charge in [-0.2, -0.15) is 13.2 Å². The molecule has 1 fully saturated rings. The van der Waals surface area contributed by atoms with Crippen molar-refractivity contribution >= 4 is 21.9 Å². The van der Waals surface area contributed by atoms with Crippen LogP contribution >= 0.6 is 0 Å². The maximum Gasteiger partial charge on any atom is 0.411 e. The molecular weight excluding hydrogens is 465 g/mol. The molecule has 2 aromatic heterocycles. The van der Waals surface area contributed by atoms with Crippen molar-refractivity contribution in [1.29, 1.82) is 0 Å². The lowest BCUT2D eigenvalue weighted by molar-refractivity contribution is -0.191. The van der Waals surface area contributed by atoms with Crippen LogP contribution in [0, 0.1) is 23.3 Å². The Bertz CT molecular complexity index is 1370. The molecule has 4 aromatic rings. The number of aromatic nitrogens is 3. The molecule has 34 heavy (non-hydrogen) atoms. The molecule has 1 aliphatic heterocycles. The fourth-order valence-corrected chi connectivity index (χ4v) is 4.71. The van der Waals surface area contributed by atoms with E-state index in [2.05, 4.69) is 15.0 Å². The van der Waals surface area contributed by atoms with Crippen molar-refractivity contribution in [2.75, 3.05) is 13.1 Å². The third-order valence-corrected chi connectivity index (χ3v) is 6.27. The molecule has 0 unspecified atom stereocenters. The van der Waals surface area contributed by atoms with E-state index < -0.39 is 52.3 Å². The van der Waals surface area contributed by atoms with Gasteiger partial charge in [-0.15, -0.1) is 0 Å². The van der Waals surface area contributed by atoms with Gasteiger partial charge in [-0.3, -0.25) is 9.88 Å². The van der Waals surface area contributed by atoms with Crippen molar-refractivity contribution in [3.05, 3.63) is 71.2 Å². The number of hydrogen-bond donors (Lipinski definition) is 1. The maximum absolute atomic E-state index is 14.1. The summed E-state index contributed by atoms with van der Waals surface area (Å²) in [5, 5.41) is 0.610. The molecule has 0 spiro atoms. The molecule has 5 rings (SSSR count). The molecule has 0 saturated carbocycles. The van der Waals surface area contributed by atoms with Crippen LogP contribution in [0.3, 0.4) is 0 Å². The van der Waals surface area contributed by atoms with E-state index in [4.69, 9.17) is 0 Å². The van der Waals surface area contributed by atoms with Crippen LogP contribution in [-0.4, -0.2) is 39.1 Å². The first-order valence-electron chi connectivity index (χ1n) is 10.5. The van der Waals surface area contributed by atoms with E-state index >= 15 is 0 Å². The molecule has 178 valence electrons. The van der Waals surface area contributed by atoms with Crippen LogP contribution in [0.1, 0.15) is 36.2 Å². The number of likely N-dealkylation sites (tertiary alicyclic amines) is 1. The third-order valence-electron chi connectivity index (χ3n) is 6.27. The fraction of sp³-hybridized carbons (Fsp3) is 0.304. The van der Waals surface area contributed by atoms with Gasteiger partial charge in [-0.05, 0) is 61.7 Å². The van der Waals surface area contributed by atoms with Gasteiger partial charge in [0.1, 0.15) is 22.7 Å². The Morgan fingerprint density at radius 1 is 0.971 bits per heavy atom. The highest BCUT2D eigenvalue weighted by Gasteiger charge is 2.47. The molecule has 0 radical (unpaired) electrons. The summed E-state index contributed by atoms with van der Waals surface area (Å²) in [6.45, 7) is 0.00862. The highest BCUT2D eigenvalue weighted by Crippen LogP contribution is 2.41. The summed E-state index contributed by atoms with van der Waals surface area (Å²) in [5.74, 6) is -5.54. The molecule has 4 nitrogen and oxygen atoms in total. The second kappa shape index (κ2) is 8.23. The first-order chi connectivity index (χ1) is 16.1. The average molecular weight is 482 g/mol. The summed E-state index contributed by atoms with van der Waals surface area (Å²) >= 11 is 0. The maximum atomic E-state index is 14.1. The quantitative estimate of drug-likeness (QED) is 0.281. The standard InChI is InChI=1S/C23H17F7N4/c24-12-1-2-17-14(9-12)13(3-6-31-17)11-4-7-34(8-5-11)21(23(28,29)30)22-32-19-16(26)10-15(25)18(27)20(19)33-22/h1-3,6,9-11,21H,4-5,7-8H2,(H,32,33)/t21-/m0/s1. The molecule has 3 heterocycles. The average Bonchev–Trinajstić information content (AvgIpc) is 3.22. The second-order valence-electron chi connectivity index (χ2n) is 8.32. The molecular formula is C23H17F7N4. The van der Waals surface area contributed by atoms with Gasteiger partial charge in [-0.25, -0.2) is 22.5 Å². The highest BCUT2D eigenvalue weighted by molar-refractivity contribution is 5.82. The Labute approximate surface area is 188 Å². The summed E-state index contributed by atoms with van der Waals surface area (Å²) in [4.78, 5) is 11.1. The van der Waals surface area contributed by atoms with Gasteiger partial charge in [0.2, 0.25) is 0 Å². The summed E-state index contributed by atoms with van der Waals surface area (Å²) < 4.78 is 97.6. The first kappa shape index (κ1) is 22.6. The Kier molecular flexibility index (Phi) is 5.46. The number of halogens is 7. The monoisotopic (exact) mass is 482 g/mol. The van der Waals surface area contributed by atoms with Gasteiger partial charge in [0.05, 0.1) is 5.52 Å². The van der Waals surface area contributed by atoms with E-state index in [0.717, 1.165) is 10.5 Å². The molecule has 1 atom stereocenters. The number of nitrogens with zero attached hydrogens (tertiary/aromatic N) is 3. The molecule has 0 amide bonds. The van der Waals surface area contributed by atoms with Crippen molar-refractivity contribution in [3.8, 4) is 0 Å². The van der Waals surface area contributed by atoms with Crippen molar-refractivity contribution < 1.29 is 30.7 Å². The zero-order valence-electron chi connectivity index (χ0n) is 17.4. The number of pyridine rings is 1. The number of aromatic amines is 1. The van der Waals surface area contributed by atoms with E-state index in [1.165, 1.54) is 12.1 Å². The van der Waals surface area contributed by atoms with E-state index in [1.54, 1.807) is 18.3 Å². The number of nitrogens with one attached hydrogen (secondary N) is 1. The van der Waals surface area contributed by atoms with Crippen LogP contribution < -0.4 is 0 Å². The number of alkyl halides is 3. The van der Waals surface area contributed by atoms with Gasteiger partial charge < -0.3 is 4.98 Å². The molecule has 1 N–H and O–H groups in total. The van der Waals surface area contributed by atoms with Crippen molar-refractivity contribution in [1.82, 2.24) is 19.9 Å². The SMILES string of the molecule is Fc1ccc2nccc(C3CCN([C@@H](c4nc5c(F)cc(F)c(F)c5[nH]4)C(F)(F)F)CC3)c2c1. The zero-order valence-corrected chi connectivity index (χ0v) is 17.4. The summed E-state index contributed by atoms with van der Waals surface area (Å²) in [5.41, 5.74) is -0.0469. The Hall–Kier alpha value is -3.21. The summed E-state index contributed by atoms with van der Waals surface area (Å²) in [7, 11) is 0. The zero-order chi connectivity index (χ0) is 24.2. The summed E-state index contributed by atoms with van der Waals surface area (Å²) in [6.07, 6.45) is -2.56. The van der Waals surface area contributed by atoms with E-state index in [1.807, 2.05) is 0 Å². The van der Waals surface area contributed by atoms with Crippen molar-refractivity contribution in [3.63, 3.8) is 0 Å². The number of rotatable bonds is 3. The number of benzene rings is 2. The minimum absolute atomic E-state index is 0.00431. The minimum atomic E-state index is -4.81.